The molecule has 43 heavy (non-hydrogen) atoms. The summed E-state index contributed by atoms with van der Waals surface area (Å²) >= 11 is 0. The molecule has 0 aliphatic carbocycles. The van der Waals surface area contributed by atoms with Gasteiger partial charge >= 0.3 is 13.9 Å². The fraction of sp³-hybridized carbons (Fsp3) is 0. The number of aromatic amines is 1. The van der Waals surface area contributed by atoms with Crippen LogP contribution in [-0.2, 0) is 0 Å². The Balaban J connectivity index is 1.54. The molecule has 2 N–H and O–H groups in total. The molecule has 0 amide bonds. The van der Waals surface area contributed by atoms with E-state index in [-0.39, 0.29) is 0 Å². The van der Waals surface area contributed by atoms with Gasteiger partial charge in [0.1, 0.15) is 0 Å². The average Bonchev–Trinajstić information content (AvgIpc) is 3.19. The third-order valence-corrected chi connectivity index (χ3v) is 9.17. The molecule has 1 aliphatic rings. The molecule has 1 aliphatic heterocycles. The number of hydrogen-bond acceptors (Lipinski definition) is 4. The van der Waals surface area contributed by atoms with Gasteiger partial charge in [-0.05, 0) is 50.9 Å². The van der Waals surface area contributed by atoms with Gasteiger partial charge < -0.3 is 4.89 Å². The Morgan fingerprint density at radius 3 is 1.49 bits per heavy atom. The summed E-state index contributed by atoms with van der Waals surface area (Å²) in [6.45, 7) is 0. The first-order valence-electron chi connectivity index (χ1n) is 14.1. The minimum absolute atomic E-state index is 0.505. The van der Waals surface area contributed by atoms with Crippen LogP contribution >= 0.6 is 8.09 Å². The number of fused-ring (bicyclic) bond motifs is 7. The zero-order chi connectivity index (χ0) is 28.8. The van der Waals surface area contributed by atoms with Gasteiger partial charge in [0.25, 0.3) is 0 Å². The molecule has 5 nitrogen and oxygen atoms in total. The van der Waals surface area contributed by atoms with Gasteiger partial charge in [0, 0.05) is 28.3 Å². The van der Waals surface area contributed by atoms with Crippen molar-refractivity contribution in [3.05, 3.63) is 146 Å². The summed E-state index contributed by atoms with van der Waals surface area (Å²) in [4.78, 5) is 18.1. The fourth-order valence-corrected chi connectivity index (χ4v) is 7.35. The molecule has 206 valence electrons. The third-order valence-electron chi connectivity index (χ3n) is 7.81. The maximum Gasteiger partial charge on any atom is 0.504 e. The number of hydrogen-bond donors (Lipinski definition) is 1. The summed E-state index contributed by atoms with van der Waals surface area (Å²) in [5.74, 6) is 1.52. The van der Waals surface area contributed by atoms with Crippen LogP contribution in [0.1, 0.15) is 0 Å². The topological polar surface area (TPSA) is 67.7 Å². The van der Waals surface area contributed by atoms with Crippen molar-refractivity contribution in [2.24, 2.45) is 0 Å². The van der Waals surface area contributed by atoms with Crippen LogP contribution in [0.5, 0.6) is 11.5 Å². The summed E-state index contributed by atoms with van der Waals surface area (Å²) < 4.78 is 13.3. The Bertz CT molecular complexity index is 1990. The number of aromatic nitrogens is 1. The summed E-state index contributed by atoms with van der Waals surface area (Å²) in [6.07, 6.45) is 1.76. The van der Waals surface area contributed by atoms with Gasteiger partial charge in [-0.25, -0.2) is 4.98 Å². The molecule has 0 fully saturated rings. The molecule has 0 spiro atoms. The number of H-pyrrole nitrogens is 1. The van der Waals surface area contributed by atoms with Crippen LogP contribution in [0, 0.1) is 0 Å². The lowest BCUT2D eigenvalue weighted by Gasteiger charge is -2.23. The Morgan fingerprint density at radius 1 is 0.535 bits per heavy atom. The second-order valence-electron chi connectivity index (χ2n) is 10.5. The molecule has 7 aromatic rings. The average molecular weight is 578 g/mol. The van der Waals surface area contributed by atoms with Crippen LogP contribution in [0.4, 0.5) is 5.82 Å². The van der Waals surface area contributed by atoms with Crippen LogP contribution in [0.2, 0.25) is 0 Å². The summed E-state index contributed by atoms with van der Waals surface area (Å²) in [5.41, 5.74) is 5.26. The van der Waals surface area contributed by atoms with Gasteiger partial charge in [0.15, 0.2) is 11.5 Å². The molecular weight excluding hydrogens is 551 g/mol. The SMILES string of the molecule is [O-][P+]1(Nc2cccc[nH+]2)Oc2c(-c3ccccc3)cc3ccccc3c2-c2c(c(-c3ccccc3)cc3ccccc23)O1. The van der Waals surface area contributed by atoms with Gasteiger partial charge in [-0.1, -0.05) is 120 Å². The van der Waals surface area contributed by atoms with Gasteiger partial charge in [-0.2, -0.15) is 0 Å². The summed E-state index contributed by atoms with van der Waals surface area (Å²) in [6, 6.07) is 46.4. The lowest BCUT2D eigenvalue weighted by molar-refractivity contribution is -0.360. The largest absolute Gasteiger partial charge is 0.581 e. The number of pyridine rings is 1. The Morgan fingerprint density at radius 2 is 1.00 bits per heavy atom. The van der Waals surface area contributed by atoms with Crippen molar-refractivity contribution in [3.8, 4) is 44.9 Å². The van der Waals surface area contributed by atoms with Crippen molar-refractivity contribution in [1.82, 2.24) is 0 Å². The molecule has 1 aromatic heterocycles. The maximum absolute atomic E-state index is 15.0. The Kier molecular flexibility index (Phi) is 6.07. The molecule has 0 atom stereocenters. The molecule has 6 aromatic carbocycles. The number of rotatable bonds is 4. The van der Waals surface area contributed by atoms with E-state index in [1.807, 2.05) is 97.1 Å². The molecule has 0 saturated heterocycles. The zero-order valence-electron chi connectivity index (χ0n) is 23.0. The lowest BCUT2D eigenvalue weighted by atomic mass is 9.86. The van der Waals surface area contributed by atoms with E-state index in [2.05, 4.69) is 46.5 Å². The Hall–Kier alpha value is -5.22. The van der Waals surface area contributed by atoms with E-state index >= 15 is 4.89 Å². The second kappa shape index (κ2) is 10.2. The number of nitrogens with one attached hydrogen (secondary N) is 2. The van der Waals surface area contributed by atoms with Gasteiger partial charge in [-0.15, -0.1) is 0 Å². The zero-order valence-corrected chi connectivity index (χ0v) is 23.9. The molecule has 8 rings (SSSR count). The van der Waals surface area contributed by atoms with E-state index < -0.39 is 8.09 Å². The molecule has 6 heteroatoms. The van der Waals surface area contributed by atoms with Gasteiger partial charge in [0.2, 0.25) is 0 Å². The van der Waals surface area contributed by atoms with E-state index in [0.717, 1.165) is 54.9 Å². The first-order valence-corrected chi connectivity index (χ1v) is 15.7. The highest BCUT2D eigenvalue weighted by molar-refractivity contribution is 7.61. The first kappa shape index (κ1) is 25.5. The molecule has 0 saturated carbocycles. The first-order chi connectivity index (χ1) is 21.2. The van der Waals surface area contributed by atoms with E-state index in [1.165, 1.54) is 0 Å². The molecule has 2 heterocycles. The van der Waals surface area contributed by atoms with Crippen molar-refractivity contribution < 1.29 is 18.9 Å². The highest BCUT2D eigenvalue weighted by atomic mass is 31.2. The van der Waals surface area contributed by atoms with Gasteiger partial charge in [0.05, 0.1) is 6.20 Å². The van der Waals surface area contributed by atoms with Gasteiger partial charge in [-0.3, -0.25) is 9.05 Å². The molecule has 0 unspecified atom stereocenters. The van der Waals surface area contributed by atoms with E-state index in [1.54, 1.807) is 12.3 Å². The molecule has 0 radical (unpaired) electrons. The lowest BCUT2D eigenvalue weighted by Crippen LogP contribution is -2.29. The normalized spacial score (nSPS) is 13.3. The summed E-state index contributed by atoms with van der Waals surface area (Å²) in [7, 11) is -4.08. The minimum Gasteiger partial charge on any atom is -0.581 e. The summed E-state index contributed by atoms with van der Waals surface area (Å²) in [5, 5.41) is 7.15. The Labute approximate surface area is 249 Å². The van der Waals surface area contributed by atoms with Crippen molar-refractivity contribution in [3.63, 3.8) is 0 Å². The van der Waals surface area contributed by atoms with Crippen LogP contribution < -0.4 is 24.0 Å². The van der Waals surface area contributed by atoms with Crippen LogP contribution in [-0.4, -0.2) is 0 Å². The van der Waals surface area contributed by atoms with Crippen molar-refractivity contribution in [2.45, 2.75) is 0 Å². The maximum atomic E-state index is 15.0. The van der Waals surface area contributed by atoms with Crippen molar-refractivity contribution in [2.75, 3.05) is 5.09 Å². The quantitative estimate of drug-likeness (QED) is 0.213. The van der Waals surface area contributed by atoms with E-state index in [9.17, 15) is 0 Å². The van der Waals surface area contributed by atoms with Crippen LogP contribution in [0.15, 0.2) is 146 Å². The van der Waals surface area contributed by atoms with Crippen LogP contribution in [0.25, 0.3) is 54.9 Å². The smallest absolute Gasteiger partial charge is 0.504 e. The van der Waals surface area contributed by atoms with Crippen LogP contribution in [0.3, 0.4) is 0 Å². The second-order valence-corrected chi connectivity index (χ2v) is 12.1. The highest BCUT2D eigenvalue weighted by Crippen LogP contribution is 2.64. The van der Waals surface area contributed by atoms with Crippen molar-refractivity contribution in [1.29, 1.82) is 0 Å². The number of anilines is 1. The molecular formula is C37H26N2O3P+. The van der Waals surface area contributed by atoms with Crippen molar-refractivity contribution >= 4 is 35.5 Å². The number of benzene rings is 6. The third kappa shape index (κ3) is 4.47. The minimum atomic E-state index is -4.08. The predicted molar refractivity (Wildman–Crippen MR) is 173 cm³/mol. The standard InChI is InChI=1S/C37H25N2O3P/c40-43(39-33-21-11-12-22-38-33)41-36-31(25-13-3-1-4-14-25)23-27-17-7-9-19-29(27)34(36)35-30-20-10-8-18-28(30)24-32(37(35)42-43)26-15-5-2-6-16-26/h1-24H,(H,38,39,40)/p+1. The predicted octanol–water partition coefficient (Wildman–Crippen LogP) is 8.73. The highest BCUT2D eigenvalue weighted by Gasteiger charge is 2.47. The molecule has 0 bridgehead atoms. The van der Waals surface area contributed by atoms with E-state index in [4.69, 9.17) is 9.05 Å². The monoisotopic (exact) mass is 577 g/mol. The fourth-order valence-electron chi connectivity index (χ4n) is 5.92. The van der Waals surface area contributed by atoms with E-state index in [0.29, 0.717) is 17.3 Å².